The van der Waals surface area contributed by atoms with Crippen molar-refractivity contribution >= 4 is 21.8 Å². The summed E-state index contributed by atoms with van der Waals surface area (Å²) in [5.41, 5.74) is 3.89. The van der Waals surface area contributed by atoms with Crippen LogP contribution in [0, 0.1) is 0 Å². The number of carbonyl (C=O) groups excluding carboxylic acids is 2. The van der Waals surface area contributed by atoms with E-state index >= 15 is 0 Å². The average Bonchev–Trinajstić information content (AvgIpc) is 2.87. The molecule has 182 valence electrons. The number of carbonyl (C=O) groups is 2. The Labute approximate surface area is 202 Å². The summed E-state index contributed by atoms with van der Waals surface area (Å²) in [4.78, 5) is 27.0. The third kappa shape index (κ3) is 5.67. The Morgan fingerprint density at radius 1 is 0.912 bits per heavy atom. The van der Waals surface area contributed by atoms with E-state index in [0.717, 1.165) is 18.4 Å². The first kappa shape index (κ1) is 24.4. The fourth-order valence-electron chi connectivity index (χ4n) is 4.72. The molecule has 34 heavy (non-hydrogen) atoms. The molecule has 1 atom stereocenters. The summed E-state index contributed by atoms with van der Waals surface area (Å²) in [6.45, 7) is 3.14. The van der Waals surface area contributed by atoms with Gasteiger partial charge in [0, 0.05) is 39.0 Å². The van der Waals surface area contributed by atoms with Crippen molar-refractivity contribution in [2.24, 2.45) is 0 Å². The Morgan fingerprint density at radius 2 is 1.59 bits per heavy atom. The molecule has 1 aliphatic heterocycles. The van der Waals surface area contributed by atoms with E-state index in [9.17, 15) is 18.0 Å². The highest BCUT2D eigenvalue weighted by molar-refractivity contribution is 7.89. The molecule has 2 aromatic carbocycles. The second kappa shape index (κ2) is 10.7. The summed E-state index contributed by atoms with van der Waals surface area (Å²) in [6, 6.07) is 14.7. The van der Waals surface area contributed by atoms with Crippen molar-refractivity contribution < 1.29 is 18.0 Å². The third-order valence-corrected chi connectivity index (χ3v) is 8.70. The predicted octanol–water partition coefficient (Wildman–Crippen LogP) is 3.06. The number of piperazine rings is 1. The molecule has 2 aromatic rings. The fraction of sp³-hybridized carbons (Fsp3) is 0.462. The topological polar surface area (TPSA) is 86.8 Å². The normalized spacial score (nSPS) is 17.6. The number of aryl methyl sites for hydroxylation is 2. The van der Waals surface area contributed by atoms with Crippen LogP contribution in [0.2, 0.25) is 0 Å². The number of nitrogens with zero attached hydrogens (tertiary/aromatic N) is 2. The molecule has 4 rings (SSSR count). The highest BCUT2D eigenvalue weighted by Crippen LogP contribution is 2.25. The summed E-state index contributed by atoms with van der Waals surface area (Å²) < 4.78 is 26.9. The maximum absolute atomic E-state index is 12.7. The molecular weight excluding hydrogens is 450 g/mol. The van der Waals surface area contributed by atoms with Crippen LogP contribution in [-0.4, -0.2) is 55.6 Å². The Morgan fingerprint density at radius 3 is 2.29 bits per heavy atom. The van der Waals surface area contributed by atoms with Crippen LogP contribution in [0.15, 0.2) is 53.4 Å². The Hall–Kier alpha value is -2.71. The summed E-state index contributed by atoms with van der Waals surface area (Å²) in [5.74, 6) is -0.266. The Balaban J connectivity index is 1.23. The van der Waals surface area contributed by atoms with Gasteiger partial charge in [-0.25, -0.2) is 8.42 Å². The lowest BCUT2D eigenvalue weighted by molar-refractivity contribution is -0.134. The quantitative estimate of drug-likeness (QED) is 0.656. The monoisotopic (exact) mass is 483 g/mol. The second-order valence-electron chi connectivity index (χ2n) is 9.12. The highest BCUT2D eigenvalue weighted by atomic mass is 32.2. The van der Waals surface area contributed by atoms with E-state index in [2.05, 4.69) is 23.5 Å². The molecule has 0 saturated carbocycles. The number of amides is 2. The van der Waals surface area contributed by atoms with Crippen molar-refractivity contribution in [3.05, 3.63) is 65.2 Å². The van der Waals surface area contributed by atoms with Gasteiger partial charge in [0.2, 0.25) is 21.8 Å². The van der Waals surface area contributed by atoms with Gasteiger partial charge in [-0.3, -0.25) is 9.59 Å². The second-order valence-corrected chi connectivity index (χ2v) is 11.1. The standard InChI is InChI=1S/C26H33N3O4S/c1-20(22-12-11-21-7-5-6-8-23(21)19-22)27-25(30)13-14-26(31)28-15-17-29(18-16-28)34(32,33)24-9-3-2-4-10-24/h2-4,9-12,19-20H,5-8,13-18H2,1H3,(H,27,30). The molecule has 1 saturated heterocycles. The largest absolute Gasteiger partial charge is 0.350 e. The first-order chi connectivity index (χ1) is 16.3. The fourth-order valence-corrected chi connectivity index (χ4v) is 6.16. The summed E-state index contributed by atoms with van der Waals surface area (Å²) >= 11 is 0. The zero-order valence-electron chi connectivity index (χ0n) is 19.7. The van der Waals surface area contributed by atoms with Crippen LogP contribution in [-0.2, 0) is 32.5 Å². The molecule has 2 amide bonds. The van der Waals surface area contributed by atoms with Crippen LogP contribution < -0.4 is 5.32 Å². The molecule has 1 fully saturated rings. The molecule has 1 unspecified atom stereocenters. The lowest BCUT2D eigenvalue weighted by Gasteiger charge is -2.34. The molecule has 1 N–H and O–H groups in total. The first-order valence-corrected chi connectivity index (χ1v) is 13.5. The number of fused-ring (bicyclic) bond motifs is 1. The van der Waals surface area contributed by atoms with Crippen LogP contribution in [0.3, 0.4) is 0 Å². The van der Waals surface area contributed by atoms with E-state index in [-0.39, 0.29) is 48.7 Å². The van der Waals surface area contributed by atoms with Crippen molar-refractivity contribution in [1.29, 1.82) is 0 Å². The van der Waals surface area contributed by atoms with Crippen LogP contribution in [0.25, 0.3) is 0 Å². The van der Waals surface area contributed by atoms with Crippen LogP contribution in [0.4, 0.5) is 0 Å². The van der Waals surface area contributed by atoms with Crippen molar-refractivity contribution in [3.63, 3.8) is 0 Å². The maximum Gasteiger partial charge on any atom is 0.243 e. The van der Waals surface area contributed by atoms with Crippen molar-refractivity contribution in [2.45, 2.75) is 56.4 Å². The van der Waals surface area contributed by atoms with Gasteiger partial charge < -0.3 is 10.2 Å². The molecular formula is C26H33N3O4S. The van der Waals surface area contributed by atoms with Crippen LogP contribution >= 0.6 is 0 Å². The van der Waals surface area contributed by atoms with Gasteiger partial charge in [-0.1, -0.05) is 36.4 Å². The van der Waals surface area contributed by atoms with Gasteiger partial charge >= 0.3 is 0 Å². The molecule has 0 radical (unpaired) electrons. The highest BCUT2D eigenvalue weighted by Gasteiger charge is 2.30. The molecule has 1 heterocycles. The van der Waals surface area contributed by atoms with Crippen molar-refractivity contribution in [2.75, 3.05) is 26.2 Å². The van der Waals surface area contributed by atoms with E-state index in [1.54, 1.807) is 35.2 Å². The number of hydrogen-bond donors (Lipinski definition) is 1. The average molecular weight is 484 g/mol. The molecule has 7 nitrogen and oxygen atoms in total. The van der Waals surface area contributed by atoms with Crippen molar-refractivity contribution in [3.8, 4) is 0 Å². The lowest BCUT2D eigenvalue weighted by Crippen LogP contribution is -2.50. The van der Waals surface area contributed by atoms with Crippen LogP contribution in [0.5, 0.6) is 0 Å². The summed E-state index contributed by atoms with van der Waals surface area (Å²) in [7, 11) is -3.55. The molecule has 2 aliphatic rings. The third-order valence-electron chi connectivity index (χ3n) is 6.79. The molecule has 0 spiro atoms. The predicted molar refractivity (Wildman–Crippen MR) is 131 cm³/mol. The van der Waals surface area contributed by atoms with Gasteiger partial charge in [-0.2, -0.15) is 4.31 Å². The molecule has 1 aliphatic carbocycles. The van der Waals surface area contributed by atoms with E-state index in [4.69, 9.17) is 0 Å². The van der Waals surface area contributed by atoms with Gasteiger partial charge in [0.1, 0.15) is 0 Å². The Kier molecular flexibility index (Phi) is 7.68. The number of sulfonamides is 1. The van der Waals surface area contributed by atoms with E-state index in [1.165, 1.54) is 28.3 Å². The zero-order valence-corrected chi connectivity index (χ0v) is 20.5. The minimum atomic E-state index is -3.55. The zero-order chi connectivity index (χ0) is 24.1. The minimum absolute atomic E-state index is 0.110. The SMILES string of the molecule is CC(NC(=O)CCC(=O)N1CCN(S(=O)(=O)c2ccccc2)CC1)c1ccc2c(c1)CCCC2. The lowest BCUT2D eigenvalue weighted by atomic mass is 9.89. The Bertz CT molecular complexity index is 1130. The van der Waals surface area contributed by atoms with Gasteiger partial charge in [-0.05, 0) is 61.4 Å². The van der Waals surface area contributed by atoms with Gasteiger partial charge in [0.25, 0.3) is 0 Å². The maximum atomic E-state index is 12.7. The molecule has 0 aromatic heterocycles. The summed E-state index contributed by atoms with van der Waals surface area (Å²) in [6.07, 6.45) is 4.92. The number of hydrogen-bond acceptors (Lipinski definition) is 4. The first-order valence-electron chi connectivity index (χ1n) is 12.1. The van der Waals surface area contributed by atoms with Crippen LogP contribution in [0.1, 0.15) is 55.3 Å². The van der Waals surface area contributed by atoms with Gasteiger partial charge in [0.05, 0.1) is 10.9 Å². The van der Waals surface area contributed by atoms with Gasteiger partial charge in [0.15, 0.2) is 0 Å². The van der Waals surface area contributed by atoms with Crippen molar-refractivity contribution in [1.82, 2.24) is 14.5 Å². The van der Waals surface area contributed by atoms with Gasteiger partial charge in [-0.15, -0.1) is 0 Å². The number of benzene rings is 2. The number of rotatable bonds is 7. The number of nitrogens with one attached hydrogen (secondary N) is 1. The van der Waals surface area contributed by atoms with E-state index in [0.29, 0.717) is 13.1 Å². The van der Waals surface area contributed by atoms with E-state index < -0.39 is 10.0 Å². The summed E-state index contributed by atoms with van der Waals surface area (Å²) in [5, 5.41) is 3.01. The molecule has 0 bridgehead atoms. The molecule has 8 heteroatoms. The van der Waals surface area contributed by atoms with E-state index in [1.807, 2.05) is 6.92 Å². The smallest absolute Gasteiger partial charge is 0.243 e. The minimum Gasteiger partial charge on any atom is -0.350 e.